The highest BCUT2D eigenvalue weighted by Crippen LogP contribution is 1.88. The van der Waals surface area contributed by atoms with E-state index in [2.05, 4.69) is 23.6 Å². The van der Waals surface area contributed by atoms with Gasteiger partial charge in [-0.1, -0.05) is 12.7 Å². The van der Waals surface area contributed by atoms with Crippen LogP contribution in [0.2, 0.25) is 0 Å². The smallest absolute Gasteiger partial charge is 0.126 e. The predicted octanol–water partition coefficient (Wildman–Crippen LogP) is 0.908. The maximum atomic E-state index is 4.75. The van der Waals surface area contributed by atoms with Gasteiger partial charge in [0.15, 0.2) is 0 Å². The lowest BCUT2D eigenvalue weighted by atomic mass is 10.5. The first-order valence-electron chi connectivity index (χ1n) is 2.87. The lowest BCUT2D eigenvalue weighted by Gasteiger charge is -2.02. The van der Waals surface area contributed by atoms with E-state index in [9.17, 15) is 0 Å². The molecule has 10 heavy (non-hydrogen) atoms. The van der Waals surface area contributed by atoms with Crippen molar-refractivity contribution in [2.24, 2.45) is 4.99 Å². The molecular weight excluding hydrogens is 128 g/mol. The highest BCUT2D eigenvalue weighted by Gasteiger charge is 1.85. The summed E-state index contributed by atoms with van der Waals surface area (Å²) in [6.07, 6.45) is 3.35. The Hall–Kier alpha value is -1.09. The molecule has 0 radical (unpaired) electrons. The van der Waals surface area contributed by atoms with E-state index in [0.717, 1.165) is 0 Å². The van der Waals surface area contributed by atoms with E-state index >= 15 is 0 Å². The molecule has 3 nitrogen and oxygen atoms in total. The minimum absolute atomic E-state index is 0.429. The maximum absolute atomic E-state index is 4.75. The first-order chi connectivity index (χ1) is 4.85. The molecule has 0 aromatic heterocycles. The molecule has 0 fully saturated rings. The molecular formula is C7H12N2O. The number of aliphatic imine (C=N–C) groups is 1. The van der Waals surface area contributed by atoms with E-state index in [1.807, 2.05) is 0 Å². The highest BCUT2D eigenvalue weighted by atomic mass is 16.5. The molecule has 0 rings (SSSR count). The number of rotatable bonds is 5. The average Bonchev–Trinajstić information content (AvgIpc) is 1.98. The van der Waals surface area contributed by atoms with Gasteiger partial charge in [-0.25, -0.2) is 4.99 Å². The largest absolute Gasteiger partial charge is 0.365 e. The molecule has 0 spiro atoms. The third-order valence-corrected chi connectivity index (χ3v) is 0.844. The molecule has 0 aliphatic heterocycles. The molecule has 0 aliphatic carbocycles. The summed E-state index contributed by atoms with van der Waals surface area (Å²) in [4.78, 5) is 3.66. The van der Waals surface area contributed by atoms with Gasteiger partial charge in [0.1, 0.15) is 12.6 Å². The summed E-state index contributed by atoms with van der Waals surface area (Å²) in [5.41, 5.74) is 0. The van der Waals surface area contributed by atoms with Crippen LogP contribution in [0.25, 0.3) is 0 Å². The molecule has 0 saturated carbocycles. The van der Waals surface area contributed by atoms with Crippen molar-refractivity contribution in [3.8, 4) is 0 Å². The molecule has 0 amide bonds. The zero-order chi connectivity index (χ0) is 7.82. The number of hydrogen-bond donors (Lipinski definition) is 1. The van der Waals surface area contributed by atoms with Crippen LogP contribution in [0.1, 0.15) is 0 Å². The van der Waals surface area contributed by atoms with Gasteiger partial charge in [0, 0.05) is 7.11 Å². The van der Waals surface area contributed by atoms with Crippen LogP contribution in [0.3, 0.4) is 0 Å². The summed E-state index contributed by atoms with van der Waals surface area (Å²) < 4.78 is 4.75. The molecule has 0 aliphatic rings. The Morgan fingerprint density at radius 1 is 1.80 bits per heavy atom. The quantitative estimate of drug-likeness (QED) is 0.350. The first kappa shape index (κ1) is 8.91. The standard InChI is InChI=1S/C7H12N2O/c1-4-5-7(8-2)9-6-10-3/h4-5,9H,1-2,6H2,3H3/b7-5+. The zero-order valence-electron chi connectivity index (χ0n) is 6.13. The molecule has 0 unspecified atom stereocenters. The van der Waals surface area contributed by atoms with Gasteiger partial charge in [-0.15, -0.1) is 0 Å². The van der Waals surface area contributed by atoms with Crippen molar-refractivity contribution in [3.63, 3.8) is 0 Å². The van der Waals surface area contributed by atoms with Crippen LogP contribution in [0.5, 0.6) is 0 Å². The lowest BCUT2D eigenvalue weighted by molar-refractivity contribution is 0.184. The second-order valence-corrected chi connectivity index (χ2v) is 1.56. The lowest BCUT2D eigenvalue weighted by Crippen LogP contribution is -2.14. The minimum Gasteiger partial charge on any atom is -0.365 e. The number of ether oxygens (including phenoxy) is 1. The molecule has 0 bridgehead atoms. The van der Waals surface area contributed by atoms with Gasteiger partial charge in [0.05, 0.1) is 0 Å². The normalized spacial score (nSPS) is 10.7. The van der Waals surface area contributed by atoms with Crippen molar-refractivity contribution < 1.29 is 4.74 Å². The Balaban J connectivity index is 3.70. The minimum atomic E-state index is 0.429. The zero-order valence-corrected chi connectivity index (χ0v) is 6.13. The molecule has 0 aromatic rings. The van der Waals surface area contributed by atoms with Crippen LogP contribution in [0.15, 0.2) is 29.5 Å². The van der Waals surface area contributed by atoms with E-state index in [1.54, 1.807) is 19.3 Å². The summed E-state index contributed by atoms with van der Waals surface area (Å²) in [5.74, 6) is 0.664. The van der Waals surface area contributed by atoms with Crippen LogP contribution < -0.4 is 5.32 Å². The SMILES string of the molecule is C=C/C=C(\N=C)NCOC. The van der Waals surface area contributed by atoms with Gasteiger partial charge in [-0.05, 0) is 12.8 Å². The fraction of sp³-hybridized carbons (Fsp3) is 0.286. The van der Waals surface area contributed by atoms with Crippen LogP contribution in [-0.4, -0.2) is 20.6 Å². The number of nitrogens with one attached hydrogen (secondary N) is 1. The van der Waals surface area contributed by atoms with Crippen LogP contribution >= 0.6 is 0 Å². The Morgan fingerprint density at radius 3 is 2.90 bits per heavy atom. The molecule has 0 aromatic carbocycles. The monoisotopic (exact) mass is 140 g/mol. The Bertz CT molecular complexity index is 141. The topological polar surface area (TPSA) is 33.6 Å². The van der Waals surface area contributed by atoms with E-state index in [-0.39, 0.29) is 0 Å². The van der Waals surface area contributed by atoms with Crippen molar-refractivity contribution in [1.29, 1.82) is 0 Å². The fourth-order valence-corrected chi connectivity index (χ4v) is 0.425. The van der Waals surface area contributed by atoms with Gasteiger partial charge < -0.3 is 10.1 Å². The van der Waals surface area contributed by atoms with Crippen LogP contribution in [-0.2, 0) is 4.74 Å². The number of allylic oxidation sites excluding steroid dienone is 2. The van der Waals surface area contributed by atoms with Crippen molar-refractivity contribution in [2.75, 3.05) is 13.8 Å². The van der Waals surface area contributed by atoms with Crippen LogP contribution in [0, 0.1) is 0 Å². The Labute approximate surface area is 61.1 Å². The van der Waals surface area contributed by atoms with Crippen molar-refractivity contribution in [3.05, 3.63) is 24.6 Å². The third kappa shape index (κ3) is 3.86. The molecule has 0 heterocycles. The number of hydrogen-bond acceptors (Lipinski definition) is 3. The predicted molar refractivity (Wildman–Crippen MR) is 42.8 cm³/mol. The Morgan fingerprint density at radius 2 is 2.50 bits per heavy atom. The number of methoxy groups -OCH3 is 1. The molecule has 0 saturated heterocycles. The summed E-state index contributed by atoms with van der Waals surface area (Å²) in [6.45, 7) is 7.29. The van der Waals surface area contributed by atoms with E-state index in [1.165, 1.54) is 0 Å². The van der Waals surface area contributed by atoms with Crippen molar-refractivity contribution >= 4 is 6.72 Å². The Kier molecular flexibility index (Phi) is 5.38. The van der Waals surface area contributed by atoms with Crippen molar-refractivity contribution in [2.45, 2.75) is 0 Å². The molecule has 0 atom stereocenters. The molecule has 56 valence electrons. The second-order valence-electron chi connectivity index (χ2n) is 1.56. The number of nitrogens with zero attached hydrogens (tertiary/aromatic N) is 1. The summed E-state index contributed by atoms with van der Waals surface area (Å²) >= 11 is 0. The van der Waals surface area contributed by atoms with Crippen molar-refractivity contribution in [1.82, 2.24) is 5.32 Å². The average molecular weight is 140 g/mol. The van der Waals surface area contributed by atoms with E-state index in [4.69, 9.17) is 4.74 Å². The maximum Gasteiger partial charge on any atom is 0.126 e. The van der Waals surface area contributed by atoms with Gasteiger partial charge in [-0.2, -0.15) is 0 Å². The van der Waals surface area contributed by atoms with Gasteiger partial charge in [-0.3, -0.25) is 0 Å². The van der Waals surface area contributed by atoms with Gasteiger partial charge in [0.25, 0.3) is 0 Å². The first-order valence-corrected chi connectivity index (χ1v) is 2.87. The van der Waals surface area contributed by atoms with E-state index < -0.39 is 0 Å². The summed E-state index contributed by atoms with van der Waals surface area (Å²) in [5, 5.41) is 2.86. The van der Waals surface area contributed by atoms with Gasteiger partial charge >= 0.3 is 0 Å². The molecule has 3 heteroatoms. The van der Waals surface area contributed by atoms with E-state index in [0.29, 0.717) is 12.6 Å². The summed E-state index contributed by atoms with van der Waals surface area (Å²) in [7, 11) is 1.60. The third-order valence-electron chi connectivity index (χ3n) is 0.844. The van der Waals surface area contributed by atoms with Gasteiger partial charge in [0.2, 0.25) is 0 Å². The van der Waals surface area contributed by atoms with Crippen LogP contribution in [0.4, 0.5) is 0 Å². The molecule has 1 N–H and O–H groups in total. The second kappa shape index (κ2) is 6.04. The summed E-state index contributed by atoms with van der Waals surface area (Å²) in [6, 6.07) is 0. The fourth-order valence-electron chi connectivity index (χ4n) is 0.425. The highest BCUT2D eigenvalue weighted by molar-refractivity contribution is 5.29.